The van der Waals surface area contributed by atoms with E-state index in [1.807, 2.05) is 0 Å². The van der Waals surface area contributed by atoms with E-state index in [9.17, 15) is 0 Å². The number of aryl methyl sites for hydroxylation is 1. The molecule has 0 atom stereocenters. The van der Waals surface area contributed by atoms with Crippen LogP contribution >= 0.6 is 0 Å². The van der Waals surface area contributed by atoms with Gasteiger partial charge in [-0.15, -0.1) is 0 Å². The number of rotatable bonds is 11. The standard InChI is InChI=1S/C16H31N3O2/c1-13(2)11-17-12-16-14(3)18-19(15(16)4)7-10-21-9-6-8-20-5/h13,17H,6-12H2,1-5H3. The van der Waals surface area contributed by atoms with Crippen molar-refractivity contribution in [1.82, 2.24) is 15.1 Å². The van der Waals surface area contributed by atoms with Gasteiger partial charge in [0.25, 0.3) is 0 Å². The van der Waals surface area contributed by atoms with Crippen molar-refractivity contribution in [1.29, 1.82) is 0 Å². The van der Waals surface area contributed by atoms with E-state index in [-0.39, 0.29) is 0 Å². The van der Waals surface area contributed by atoms with Crippen LogP contribution in [-0.2, 0) is 22.6 Å². The van der Waals surface area contributed by atoms with Crippen molar-refractivity contribution < 1.29 is 9.47 Å². The van der Waals surface area contributed by atoms with Crippen LogP contribution in [0.1, 0.15) is 37.2 Å². The molecule has 5 nitrogen and oxygen atoms in total. The Labute approximate surface area is 129 Å². The molecule has 0 saturated carbocycles. The molecule has 5 heteroatoms. The lowest BCUT2D eigenvalue weighted by Gasteiger charge is -2.09. The lowest BCUT2D eigenvalue weighted by molar-refractivity contribution is 0.0958. The minimum atomic E-state index is 0.668. The summed E-state index contributed by atoms with van der Waals surface area (Å²) < 4.78 is 12.6. The fraction of sp³-hybridized carbons (Fsp3) is 0.812. The summed E-state index contributed by atoms with van der Waals surface area (Å²) in [7, 11) is 1.71. The fourth-order valence-corrected chi connectivity index (χ4v) is 2.25. The fourth-order valence-electron chi connectivity index (χ4n) is 2.25. The first-order chi connectivity index (χ1) is 10.1. The van der Waals surface area contributed by atoms with Gasteiger partial charge in [0.2, 0.25) is 0 Å². The molecule has 0 spiro atoms. The smallest absolute Gasteiger partial charge is 0.0662 e. The Bertz CT molecular complexity index is 402. The van der Waals surface area contributed by atoms with Crippen LogP contribution in [0, 0.1) is 19.8 Å². The third-order valence-electron chi connectivity index (χ3n) is 3.47. The van der Waals surface area contributed by atoms with Crippen LogP contribution in [0.5, 0.6) is 0 Å². The zero-order valence-corrected chi connectivity index (χ0v) is 14.2. The lowest BCUT2D eigenvalue weighted by atomic mass is 10.2. The number of nitrogens with zero attached hydrogens (tertiary/aromatic N) is 2. The number of methoxy groups -OCH3 is 1. The van der Waals surface area contributed by atoms with E-state index in [2.05, 4.69) is 42.8 Å². The highest BCUT2D eigenvalue weighted by atomic mass is 16.5. The summed E-state index contributed by atoms with van der Waals surface area (Å²) in [6.45, 7) is 13.6. The molecule has 1 rings (SSSR count). The summed E-state index contributed by atoms with van der Waals surface area (Å²) in [4.78, 5) is 0. The minimum absolute atomic E-state index is 0.668. The van der Waals surface area contributed by atoms with Crippen LogP contribution in [0.3, 0.4) is 0 Å². The maximum Gasteiger partial charge on any atom is 0.0662 e. The third-order valence-corrected chi connectivity index (χ3v) is 3.47. The zero-order valence-electron chi connectivity index (χ0n) is 14.2. The molecule has 122 valence electrons. The second-order valence-corrected chi connectivity index (χ2v) is 5.86. The monoisotopic (exact) mass is 297 g/mol. The van der Waals surface area contributed by atoms with Crippen molar-refractivity contribution >= 4 is 0 Å². The van der Waals surface area contributed by atoms with Gasteiger partial charge in [0, 0.05) is 38.1 Å². The summed E-state index contributed by atoms with van der Waals surface area (Å²) in [6, 6.07) is 0. The van der Waals surface area contributed by atoms with Gasteiger partial charge in [-0.3, -0.25) is 4.68 Å². The van der Waals surface area contributed by atoms with Gasteiger partial charge in [0.05, 0.1) is 18.8 Å². The second-order valence-electron chi connectivity index (χ2n) is 5.86. The summed E-state index contributed by atoms with van der Waals surface area (Å²) in [5.74, 6) is 0.668. The van der Waals surface area contributed by atoms with Crippen molar-refractivity contribution in [3.05, 3.63) is 17.0 Å². The first-order valence-electron chi connectivity index (χ1n) is 7.86. The van der Waals surface area contributed by atoms with Crippen LogP contribution in [0.2, 0.25) is 0 Å². The Hall–Kier alpha value is -0.910. The van der Waals surface area contributed by atoms with Gasteiger partial charge >= 0.3 is 0 Å². The predicted molar refractivity (Wildman–Crippen MR) is 85.6 cm³/mol. The number of nitrogens with one attached hydrogen (secondary N) is 1. The Balaban J connectivity index is 2.38. The molecule has 1 N–H and O–H groups in total. The molecule has 0 amide bonds. The molecule has 0 fully saturated rings. The molecule has 1 aromatic rings. The van der Waals surface area contributed by atoms with Gasteiger partial charge in [-0.05, 0) is 32.7 Å². The molecule has 0 aromatic carbocycles. The quantitative estimate of drug-likeness (QED) is 0.637. The molecule has 0 saturated heterocycles. The zero-order chi connectivity index (χ0) is 15.7. The van der Waals surface area contributed by atoms with Gasteiger partial charge in [0.1, 0.15) is 0 Å². The number of aromatic nitrogens is 2. The van der Waals surface area contributed by atoms with Crippen molar-refractivity contribution in [2.75, 3.05) is 33.5 Å². The van der Waals surface area contributed by atoms with E-state index in [1.54, 1.807) is 7.11 Å². The largest absolute Gasteiger partial charge is 0.385 e. The molecule has 1 heterocycles. The molecule has 0 unspecified atom stereocenters. The summed E-state index contributed by atoms with van der Waals surface area (Å²) >= 11 is 0. The molecule has 0 bridgehead atoms. The van der Waals surface area contributed by atoms with Crippen LogP contribution in [0.25, 0.3) is 0 Å². The van der Waals surface area contributed by atoms with E-state index >= 15 is 0 Å². The van der Waals surface area contributed by atoms with Crippen molar-refractivity contribution in [2.45, 2.75) is 47.2 Å². The average molecular weight is 297 g/mol. The van der Waals surface area contributed by atoms with Crippen molar-refractivity contribution in [3.8, 4) is 0 Å². The van der Waals surface area contributed by atoms with E-state index in [4.69, 9.17) is 9.47 Å². The summed E-state index contributed by atoms with van der Waals surface area (Å²) in [5, 5.41) is 8.10. The molecule has 21 heavy (non-hydrogen) atoms. The minimum Gasteiger partial charge on any atom is -0.385 e. The molecule has 0 aliphatic heterocycles. The number of hydrogen-bond donors (Lipinski definition) is 1. The molecule has 0 aliphatic carbocycles. The second kappa shape index (κ2) is 9.92. The first-order valence-corrected chi connectivity index (χ1v) is 7.86. The molecular formula is C16H31N3O2. The summed E-state index contributed by atoms with van der Waals surface area (Å²) in [6.07, 6.45) is 0.942. The average Bonchev–Trinajstić information content (AvgIpc) is 2.70. The Kier molecular flexibility index (Phi) is 8.57. The van der Waals surface area contributed by atoms with E-state index in [1.165, 1.54) is 11.3 Å². The number of hydrogen-bond acceptors (Lipinski definition) is 4. The summed E-state index contributed by atoms with van der Waals surface area (Å²) in [5.41, 5.74) is 3.67. The van der Waals surface area contributed by atoms with Crippen LogP contribution in [-0.4, -0.2) is 43.3 Å². The van der Waals surface area contributed by atoms with Crippen molar-refractivity contribution in [2.24, 2.45) is 5.92 Å². The Morgan fingerprint density at radius 3 is 2.62 bits per heavy atom. The maximum atomic E-state index is 5.60. The van der Waals surface area contributed by atoms with Crippen LogP contribution in [0.4, 0.5) is 0 Å². The first kappa shape index (κ1) is 18.1. The lowest BCUT2D eigenvalue weighted by Crippen LogP contribution is -2.19. The van der Waals surface area contributed by atoms with Gasteiger partial charge in [0.15, 0.2) is 0 Å². The Morgan fingerprint density at radius 1 is 1.19 bits per heavy atom. The number of ether oxygens (including phenoxy) is 2. The topological polar surface area (TPSA) is 48.3 Å². The molecule has 0 radical (unpaired) electrons. The van der Waals surface area contributed by atoms with E-state index in [0.29, 0.717) is 12.5 Å². The highest BCUT2D eigenvalue weighted by molar-refractivity contribution is 5.24. The molecular weight excluding hydrogens is 266 g/mol. The maximum absolute atomic E-state index is 5.60. The Morgan fingerprint density at radius 2 is 1.95 bits per heavy atom. The highest BCUT2D eigenvalue weighted by Crippen LogP contribution is 2.12. The van der Waals surface area contributed by atoms with Crippen molar-refractivity contribution in [3.63, 3.8) is 0 Å². The predicted octanol–water partition coefficient (Wildman–Crippen LogP) is 2.30. The van der Waals surface area contributed by atoms with E-state index < -0.39 is 0 Å². The SMILES string of the molecule is COCCCOCCn1nc(C)c(CNCC(C)C)c1C. The molecule has 1 aromatic heterocycles. The normalized spacial score (nSPS) is 11.5. The van der Waals surface area contributed by atoms with Crippen LogP contribution < -0.4 is 5.32 Å². The molecule has 0 aliphatic rings. The highest BCUT2D eigenvalue weighted by Gasteiger charge is 2.11. The van der Waals surface area contributed by atoms with Gasteiger partial charge in [-0.25, -0.2) is 0 Å². The van der Waals surface area contributed by atoms with E-state index in [0.717, 1.165) is 45.0 Å². The van der Waals surface area contributed by atoms with Gasteiger partial charge < -0.3 is 14.8 Å². The van der Waals surface area contributed by atoms with Gasteiger partial charge in [-0.1, -0.05) is 13.8 Å². The van der Waals surface area contributed by atoms with Crippen LogP contribution in [0.15, 0.2) is 0 Å². The third kappa shape index (κ3) is 6.59. The van der Waals surface area contributed by atoms with Gasteiger partial charge in [-0.2, -0.15) is 5.10 Å².